The average Bonchev–Trinajstić information content (AvgIpc) is 2.52. The van der Waals surface area contributed by atoms with Crippen LogP contribution in [0.15, 0.2) is 12.1 Å². The van der Waals surface area contributed by atoms with Gasteiger partial charge in [-0.1, -0.05) is 23.2 Å². The van der Waals surface area contributed by atoms with Crippen LogP contribution in [0.1, 0.15) is 5.69 Å². The van der Waals surface area contributed by atoms with Crippen molar-refractivity contribution in [2.75, 3.05) is 13.1 Å². The van der Waals surface area contributed by atoms with E-state index in [0.717, 1.165) is 0 Å². The number of rotatable bonds is 2. The van der Waals surface area contributed by atoms with Gasteiger partial charge in [-0.15, -0.1) is 0 Å². The molecule has 0 aromatic carbocycles. The summed E-state index contributed by atoms with van der Waals surface area (Å²) in [7, 11) is 0. The monoisotopic (exact) mass is 262 g/mol. The lowest BCUT2D eigenvalue weighted by molar-refractivity contribution is 0.0572. The normalized spacial score (nSPS) is 26.2. The fourth-order valence-electron chi connectivity index (χ4n) is 1.76. The van der Waals surface area contributed by atoms with E-state index >= 15 is 0 Å². The molecule has 0 spiro atoms. The molecule has 88 valence electrons. The first-order valence-corrected chi connectivity index (χ1v) is 5.71. The predicted molar refractivity (Wildman–Crippen MR) is 61.5 cm³/mol. The van der Waals surface area contributed by atoms with Crippen molar-refractivity contribution in [1.82, 2.24) is 9.88 Å². The van der Waals surface area contributed by atoms with E-state index in [-0.39, 0.29) is 0 Å². The number of aromatic nitrogens is 1. The first-order chi connectivity index (χ1) is 7.56. The van der Waals surface area contributed by atoms with Gasteiger partial charge in [-0.3, -0.25) is 4.90 Å². The minimum absolute atomic E-state index is 0.389. The summed E-state index contributed by atoms with van der Waals surface area (Å²) in [6.07, 6.45) is -1.39. The van der Waals surface area contributed by atoms with Crippen molar-refractivity contribution in [3.05, 3.63) is 28.0 Å². The number of likely N-dealkylation sites (tertiary alicyclic amines) is 1. The lowest BCUT2D eigenvalue weighted by atomic mass is 10.3. The third-order valence-corrected chi connectivity index (χ3v) is 3.15. The van der Waals surface area contributed by atoms with Crippen LogP contribution in [-0.4, -0.2) is 45.4 Å². The molecule has 0 bridgehead atoms. The molecule has 1 fully saturated rings. The zero-order valence-corrected chi connectivity index (χ0v) is 9.99. The minimum atomic E-state index is -0.696. The Bertz CT molecular complexity index is 379. The number of halogens is 2. The molecule has 0 saturated carbocycles. The zero-order valence-electron chi connectivity index (χ0n) is 8.48. The molecule has 2 atom stereocenters. The molecule has 1 aliphatic rings. The van der Waals surface area contributed by atoms with Crippen molar-refractivity contribution >= 4 is 23.2 Å². The molecule has 0 amide bonds. The van der Waals surface area contributed by atoms with Crippen molar-refractivity contribution in [2.45, 2.75) is 18.8 Å². The van der Waals surface area contributed by atoms with E-state index in [4.69, 9.17) is 23.2 Å². The second-order valence-corrected chi connectivity index (χ2v) is 4.69. The Kier molecular flexibility index (Phi) is 3.66. The van der Waals surface area contributed by atoms with Gasteiger partial charge in [-0.05, 0) is 12.1 Å². The van der Waals surface area contributed by atoms with Crippen molar-refractivity contribution < 1.29 is 10.2 Å². The van der Waals surface area contributed by atoms with Crippen LogP contribution in [0.5, 0.6) is 0 Å². The summed E-state index contributed by atoms with van der Waals surface area (Å²) in [5, 5.41) is 19.7. The number of aliphatic hydroxyl groups is 2. The van der Waals surface area contributed by atoms with E-state index < -0.39 is 12.2 Å². The van der Waals surface area contributed by atoms with E-state index in [1.165, 1.54) is 0 Å². The van der Waals surface area contributed by atoms with E-state index in [1.54, 1.807) is 12.1 Å². The highest BCUT2D eigenvalue weighted by Gasteiger charge is 2.29. The van der Waals surface area contributed by atoms with Gasteiger partial charge in [0.15, 0.2) is 0 Å². The molecule has 0 aliphatic carbocycles. The number of nitrogens with zero attached hydrogens (tertiary/aromatic N) is 2. The summed E-state index contributed by atoms with van der Waals surface area (Å²) in [6.45, 7) is 1.32. The molecule has 2 heterocycles. The van der Waals surface area contributed by atoms with Gasteiger partial charge in [0.2, 0.25) is 0 Å². The van der Waals surface area contributed by atoms with Gasteiger partial charge >= 0.3 is 0 Å². The third kappa shape index (κ3) is 2.64. The van der Waals surface area contributed by atoms with Crippen LogP contribution in [0.2, 0.25) is 10.2 Å². The number of hydrogen-bond acceptors (Lipinski definition) is 4. The second kappa shape index (κ2) is 4.85. The second-order valence-electron chi connectivity index (χ2n) is 3.89. The molecule has 2 rings (SSSR count). The lowest BCUT2D eigenvalue weighted by Gasteiger charge is -2.14. The lowest BCUT2D eigenvalue weighted by Crippen LogP contribution is -2.22. The molecule has 2 N–H and O–H groups in total. The van der Waals surface area contributed by atoms with Crippen LogP contribution in [0, 0.1) is 0 Å². The molecule has 0 radical (unpaired) electrons. The van der Waals surface area contributed by atoms with E-state index in [1.807, 2.05) is 4.90 Å². The zero-order chi connectivity index (χ0) is 11.7. The van der Waals surface area contributed by atoms with E-state index in [2.05, 4.69) is 4.98 Å². The first-order valence-electron chi connectivity index (χ1n) is 4.95. The van der Waals surface area contributed by atoms with Crippen LogP contribution in [-0.2, 0) is 6.54 Å². The summed E-state index contributed by atoms with van der Waals surface area (Å²) in [6, 6.07) is 3.32. The molecule has 1 saturated heterocycles. The molecule has 6 heteroatoms. The first kappa shape index (κ1) is 12.1. The number of pyridine rings is 1. The fraction of sp³-hybridized carbons (Fsp3) is 0.500. The molecular weight excluding hydrogens is 251 g/mol. The Morgan fingerprint density at radius 2 is 1.88 bits per heavy atom. The van der Waals surface area contributed by atoms with E-state index in [9.17, 15) is 10.2 Å². The molecule has 4 nitrogen and oxygen atoms in total. The maximum atomic E-state index is 9.40. The van der Waals surface area contributed by atoms with Crippen LogP contribution in [0.4, 0.5) is 0 Å². The summed E-state index contributed by atoms with van der Waals surface area (Å²) in [5.41, 5.74) is 0.662. The van der Waals surface area contributed by atoms with Crippen molar-refractivity contribution in [3.8, 4) is 0 Å². The van der Waals surface area contributed by atoms with Crippen LogP contribution >= 0.6 is 23.2 Å². The molecular formula is C10H12Cl2N2O2. The minimum Gasteiger partial charge on any atom is -0.389 e. The fourth-order valence-corrected chi connectivity index (χ4v) is 2.09. The summed E-state index contributed by atoms with van der Waals surface area (Å²) < 4.78 is 0. The number of hydrogen-bond donors (Lipinski definition) is 2. The summed E-state index contributed by atoms with van der Waals surface area (Å²) >= 11 is 11.7. The molecule has 16 heavy (non-hydrogen) atoms. The Morgan fingerprint density at radius 1 is 1.25 bits per heavy atom. The smallest absolute Gasteiger partial charge is 0.129 e. The quantitative estimate of drug-likeness (QED) is 0.779. The van der Waals surface area contributed by atoms with Gasteiger partial charge in [0.25, 0.3) is 0 Å². The van der Waals surface area contributed by atoms with Crippen molar-refractivity contribution in [1.29, 1.82) is 0 Å². The summed E-state index contributed by atoms with van der Waals surface area (Å²) in [4.78, 5) is 6.00. The molecule has 1 aliphatic heterocycles. The van der Waals surface area contributed by atoms with Crippen LogP contribution in [0.25, 0.3) is 0 Å². The number of aliphatic hydroxyl groups excluding tert-OH is 2. The Labute approximate surface area is 103 Å². The maximum absolute atomic E-state index is 9.40. The molecule has 0 unspecified atom stereocenters. The topological polar surface area (TPSA) is 56.6 Å². The van der Waals surface area contributed by atoms with Gasteiger partial charge in [0, 0.05) is 19.6 Å². The molecule has 1 aromatic rings. The maximum Gasteiger partial charge on any atom is 0.129 e. The largest absolute Gasteiger partial charge is 0.389 e. The third-order valence-electron chi connectivity index (χ3n) is 2.59. The number of β-amino-alcohol motifs (C(OH)–C–C–N with tert-alkyl or cyclic N) is 2. The van der Waals surface area contributed by atoms with Gasteiger partial charge < -0.3 is 10.2 Å². The van der Waals surface area contributed by atoms with Crippen LogP contribution < -0.4 is 0 Å². The van der Waals surface area contributed by atoms with Gasteiger partial charge in [-0.25, -0.2) is 4.98 Å². The molecule has 1 aromatic heterocycles. The highest BCUT2D eigenvalue weighted by Crippen LogP contribution is 2.20. The van der Waals surface area contributed by atoms with Gasteiger partial charge in [0.1, 0.15) is 5.15 Å². The SMILES string of the molecule is O[C@@H]1CN(Cc2nc(Cl)ccc2Cl)C[C@@H]1O. The van der Waals surface area contributed by atoms with Gasteiger partial charge in [-0.2, -0.15) is 0 Å². The van der Waals surface area contributed by atoms with Crippen LogP contribution in [0.3, 0.4) is 0 Å². The Hall–Kier alpha value is -0.390. The predicted octanol–water partition coefficient (Wildman–Crippen LogP) is 0.926. The Balaban J connectivity index is 2.07. The highest BCUT2D eigenvalue weighted by atomic mass is 35.5. The van der Waals surface area contributed by atoms with E-state index in [0.29, 0.717) is 35.5 Å². The highest BCUT2D eigenvalue weighted by molar-refractivity contribution is 6.32. The average molecular weight is 263 g/mol. The van der Waals surface area contributed by atoms with Crippen molar-refractivity contribution in [3.63, 3.8) is 0 Å². The Morgan fingerprint density at radius 3 is 2.50 bits per heavy atom. The van der Waals surface area contributed by atoms with Gasteiger partial charge in [0.05, 0.1) is 22.9 Å². The van der Waals surface area contributed by atoms with Crippen molar-refractivity contribution in [2.24, 2.45) is 0 Å². The standard InChI is InChI=1S/C10H12Cl2N2O2/c11-6-1-2-10(12)13-7(6)3-14-4-8(15)9(16)5-14/h1-2,8-9,15-16H,3-5H2/t8-,9+. The summed E-state index contributed by atoms with van der Waals surface area (Å²) in [5.74, 6) is 0.